The number of aryl methyl sites for hydroxylation is 1. The second kappa shape index (κ2) is 5.19. The molecule has 0 aromatic carbocycles. The molecule has 2 aliphatic heterocycles. The monoisotopic (exact) mass is 296 g/mol. The number of hydrogen-bond acceptors (Lipinski definition) is 5. The first-order valence-electron chi connectivity index (χ1n) is 6.96. The number of rotatable bonds is 4. The van der Waals surface area contributed by atoms with Gasteiger partial charge in [0.15, 0.2) is 5.65 Å². The van der Waals surface area contributed by atoms with E-state index in [9.17, 15) is 4.79 Å². The summed E-state index contributed by atoms with van der Waals surface area (Å²) in [4.78, 5) is 16.6. The number of ether oxygens (including phenoxy) is 1. The molecule has 0 spiro atoms. The number of nitrogens with zero attached hydrogens (tertiary/aromatic N) is 3. The van der Waals surface area contributed by atoms with Crippen molar-refractivity contribution in [1.82, 2.24) is 14.8 Å². The SMILES string of the molecule is C=CCOC(=O)c1c(C)nc2c(c3nn2C3CC#CC)c1N. The molecule has 0 radical (unpaired) electrons. The highest BCUT2D eigenvalue weighted by Crippen LogP contribution is 2.42. The molecule has 0 aliphatic carbocycles. The summed E-state index contributed by atoms with van der Waals surface area (Å²) in [5, 5.41) is 5.11. The van der Waals surface area contributed by atoms with Crippen LogP contribution >= 0.6 is 0 Å². The quantitative estimate of drug-likeness (QED) is 0.530. The van der Waals surface area contributed by atoms with Crippen molar-refractivity contribution >= 4 is 22.7 Å². The Bertz CT molecular complexity index is 855. The van der Waals surface area contributed by atoms with Crippen molar-refractivity contribution in [3.63, 3.8) is 0 Å². The van der Waals surface area contributed by atoms with E-state index < -0.39 is 5.97 Å². The molecule has 0 saturated heterocycles. The third-order valence-corrected chi connectivity index (χ3v) is 3.71. The summed E-state index contributed by atoms with van der Waals surface area (Å²) in [6, 6.07) is 0.0797. The van der Waals surface area contributed by atoms with Crippen molar-refractivity contribution in [1.29, 1.82) is 0 Å². The molecule has 1 unspecified atom stereocenters. The number of carbonyl (C=O) groups is 1. The van der Waals surface area contributed by atoms with Gasteiger partial charge in [-0.3, -0.25) is 0 Å². The summed E-state index contributed by atoms with van der Waals surface area (Å²) in [7, 11) is 0. The summed E-state index contributed by atoms with van der Waals surface area (Å²) in [6.07, 6.45) is 2.18. The van der Waals surface area contributed by atoms with Gasteiger partial charge in [0.2, 0.25) is 0 Å². The Labute approximate surface area is 128 Å². The lowest BCUT2D eigenvalue weighted by Gasteiger charge is -2.18. The van der Waals surface area contributed by atoms with Crippen LogP contribution in [-0.4, -0.2) is 27.3 Å². The second-order valence-corrected chi connectivity index (χ2v) is 5.05. The van der Waals surface area contributed by atoms with Gasteiger partial charge in [-0.05, 0) is 13.8 Å². The smallest absolute Gasteiger partial charge is 0.342 e. The van der Waals surface area contributed by atoms with E-state index >= 15 is 0 Å². The van der Waals surface area contributed by atoms with Gasteiger partial charge in [0.05, 0.1) is 22.5 Å². The first-order valence-corrected chi connectivity index (χ1v) is 6.96. The zero-order chi connectivity index (χ0) is 15.9. The van der Waals surface area contributed by atoms with E-state index in [-0.39, 0.29) is 12.6 Å². The van der Waals surface area contributed by atoms with Crippen molar-refractivity contribution in [2.75, 3.05) is 12.3 Å². The molecule has 0 saturated carbocycles. The molecular formula is C16H16N4O2. The van der Waals surface area contributed by atoms with Crippen molar-refractivity contribution in [3.05, 3.63) is 29.6 Å². The maximum atomic E-state index is 12.2. The van der Waals surface area contributed by atoms with Gasteiger partial charge in [-0.15, -0.1) is 11.8 Å². The third kappa shape index (κ3) is 1.86. The van der Waals surface area contributed by atoms with Crippen LogP contribution in [0.5, 0.6) is 0 Å². The van der Waals surface area contributed by atoms with E-state index in [2.05, 4.69) is 28.5 Å². The average Bonchev–Trinajstić information content (AvgIpc) is 2.98. The van der Waals surface area contributed by atoms with Crippen molar-refractivity contribution in [2.45, 2.75) is 26.3 Å². The molecular weight excluding hydrogens is 280 g/mol. The number of anilines is 1. The standard InChI is InChI=1S/C16H16N4O2/c1-4-6-7-10-14-12-13(17)11(16(21)22-8-5-2)9(3)18-15(12)20(10)19-14/h5,10H,2,7-8H2,1,3H3,(H2,17,18). The van der Waals surface area contributed by atoms with Gasteiger partial charge >= 0.3 is 5.97 Å². The van der Waals surface area contributed by atoms with Crippen LogP contribution in [0.15, 0.2) is 12.7 Å². The number of pyridine rings is 1. The Hall–Kier alpha value is -2.81. The Kier molecular flexibility index (Phi) is 3.33. The van der Waals surface area contributed by atoms with E-state index in [4.69, 9.17) is 10.5 Å². The van der Waals surface area contributed by atoms with Gasteiger partial charge in [0.1, 0.15) is 18.2 Å². The molecule has 2 aliphatic rings. The first kappa shape index (κ1) is 14.1. The van der Waals surface area contributed by atoms with Crippen molar-refractivity contribution in [3.8, 4) is 11.8 Å². The van der Waals surface area contributed by atoms with E-state index in [0.29, 0.717) is 29.0 Å². The summed E-state index contributed by atoms with van der Waals surface area (Å²) in [5.41, 5.74) is 8.97. The van der Waals surface area contributed by atoms with Gasteiger partial charge < -0.3 is 10.5 Å². The van der Waals surface area contributed by atoms with Crippen LogP contribution in [0.1, 0.15) is 41.1 Å². The normalized spacial score (nSPS) is 14.9. The van der Waals surface area contributed by atoms with Crippen LogP contribution in [0.4, 0.5) is 5.69 Å². The van der Waals surface area contributed by atoms with E-state index in [1.807, 2.05) is 4.68 Å². The molecule has 22 heavy (non-hydrogen) atoms. The van der Waals surface area contributed by atoms with Crippen molar-refractivity contribution in [2.24, 2.45) is 0 Å². The highest BCUT2D eigenvalue weighted by molar-refractivity contribution is 6.06. The predicted molar refractivity (Wildman–Crippen MR) is 83.4 cm³/mol. The number of nitrogen functional groups attached to an aromatic ring is 1. The number of esters is 1. The van der Waals surface area contributed by atoms with Gasteiger partial charge in [-0.1, -0.05) is 12.7 Å². The molecule has 0 amide bonds. The lowest BCUT2D eigenvalue weighted by molar-refractivity contribution is 0.0550. The van der Waals surface area contributed by atoms with Crippen LogP contribution in [0.2, 0.25) is 0 Å². The molecule has 6 heteroatoms. The molecule has 4 heterocycles. The Balaban J connectivity index is 2.08. The molecule has 2 aromatic rings. The summed E-state index contributed by atoms with van der Waals surface area (Å²) < 4.78 is 6.90. The fourth-order valence-corrected chi connectivity index (χ4v) is 2.70. The Morgan fingerprint density at radius 1 is 1.59 bits per heavy atom. The molecule has 2 N–H and O–H groups in total. The lowest BCUT2D eigenvalue weighted by Crippen LogP contribution is -2.20. The summed E-state index contributed by atoms with van der Waals surface area (Å²) >= 11 is 0. The zero-order valence-corrected chi connectivity index (χ0v) is 12.5. The van der Waals surface area contributed by atoms with Crippen LogP contribution in [0, 0.1) is 18.8 Å². The molecule has 6 nitrogen and oxygen atoms in total. The maximum absolute atomic E-state index is 12.2. The predicted octanol–water partition coefficient (Wildman–Crippen LogP) is 1.98. The van der Waals surface area contributed by atoms with Gasteiger partial charge in [-0.2, -0.15) is 5.10 Å². The minimum Gasteiger partial charge on any atom is -0.458 e. The van der Waals surface area contributed by atoms with Crippen LogP contribution in [-0.2, 0) is 4.74 Å². The van der Waals surface area contributed by atoms with E-state index in [1.54, 1.807) is 13.8 Å². The first-order chi connectivity index (χ1) is 10.6. The molecule has 2 bridgehead atoms. The highest BCUT2D eigenvalue weighted by Gasteiger charge is 2.36. The lowest BCUT2D eigenvalue weighted by atomic mass is 10.1. The fourth-order valence-electron chi connectivity index (χ4n) is 2.70. The molecule has 4 rings (SSSR count). The highest BCUT2D eigenvalue weighted by atomic mass is 16.5. The minimum absolute atomic E-state index is 0.0797. The maximum Gasteiger partial charge on any atom is 0.342 e. The molecule has 0 fully saturated rings. The molecule has 112 valence electrons. The number of aromatic nitrogens is 3. The number of hydrogen-bond donors (Lipinski definition) is 1. The van der Waals surface area contributed by atoms with E-state index in [1.165, 1.54) is 6.08 Å². The fraction of sp³-hybridized carbons (Fsp3) is 0.312. The number of carbonyl (C=O) groups excluding carboxylic acids is 1. The van der Waals surface area contributed by atoms with Gasteiger partial charge in [-0.25, -0.2) is 14.5 Å². The average molecular weight is 296 g/mol. The van der Waals surface area contributed by atoms with Crippen LogP contribution in [0.25, 0.3) is 11.0 Å². The third-order valence-electron chi connectivity index (χ3n) is 3.71. The summed E-state index contributed by atoms with van der Waals surface area (Å²) in [6.45, 7) is 7.20. The van der Waals surface area contributed by atoms with Gasteiger partial charge in [0.25, 0.3) is 0 Å². The largest absolute Gasteiger partial charge is 0.458 e. The topological polar surface area (TPSA) is 83.0 Å². The zero-order valence-electron chi connectivity index (χ0n) is 12.5. The van der Waals surface area contributed by atoms with Gasteiger partial charge in [0, 0.05) is 6.42 Å². The van der Waals surface area contributed by atoms with Crippen LogP contribution < -0.4 is 5.73 Å². The Morgan fingerprint density at radius 3 is 3.05 bits per heavy atom. The van der Waals surface area contributed by atoms with E-state index in [0.717, 1.165) is 11.1 Å². The summed E-state index contributed by atoms with van der Waals surface area (Å²) in [5.74, 6) is 5.42. The number of nitrogens with two attached hydrogens (primary N) is 1. The molecule has 1 atom stereocenters. The second-order valence-electron chi connectivity index (χ2n) is 5.05. The molecule has 2 aromatic heterocycles. The van der Waals surface area contributed by atoms with Crippen molar-refractivity contribution < 1.29 is 9.53 Å². The van der Waals surface area contributed by atoms with Crippen LogP contribution in [0.3, 0.4) is 0 Å². The Morgan fingerprint density at radius 2 is 2.36 bits per heavy atom. The minimum atomic E-state index is -0.491.